The first-order valence-electron chi connectivity index (χ1n) is 9.84. The Morgan fingerprint density at radius 2 is 1.76 bits per heavy atom. The minimum Gasteiger partial charge on any atom is -0.334 e. The van der Waals surface area contributed by atoms with Gasteiger partial charge in [-0.1, -0.05) is 47.3 Å². The van der Waals surface area contributed by atoms with Gasteiger partial charge >= 0.3 is 6.03 Å². The van der Waals surface area contributed by atoms with Gasteiger partial charge in [0.2, 0.25) is 0 Å². The van der Waals surface area contributed by atoms with E-state index in [4.69, 9.17) is 0 Å². The number of nitrogens with one attached hydrogen (secondary N) is 2. The second-order valence-corrected chi connectivity index (χ2v) is 8.39. The minimum absolute atomic E-state index is 0.0129. The van der Waals surface area contributed by atoms with Crippen LogP contribution in [-0.4, -0.2) is 28.8 Å². The van der Waals surface area contributed by atoms with Gasteiger partial charge in [-0.05, 0) is 48.7 Å². The topological polar surface area (TPSA) is 78.5 Å². The Hall–Kier alpha value is -2.67. The summed E-state index contributed by atoms with van der Waals surface area (Å²) in [6, 6.07) is 12.2. The van der Waals surface area contributed by atoms with Gasteiger partial charge in [-0.25, -0.2) is 4.79 Å². The van der Waals surface area contributed by atoms with Crippen LogP contribution >= 0.6 is 15.9 Å². The minimum atomic E-state index is -0.370. The van der Waals surface area contributed by atoms with E-state index in [-0.39, 0.29) is 23.9 Å². The number of rotatable bonds is 4. The Kier molecular flexibility index (Phi) is 5.67. The van der Waals surface area contributed by atoms with E-state index >= 15 is 0 Å². The molecule has 4 amide bonds. The normalized spacial score (nSPS) is 16.7. The first-order chi connectivity index (χ1) is 14.0. The molecule has 0 spiro atoms. The maximum Gasteiger partial charge on any atom is 0.319 e. The van der Waals surface area contributed by atoms with Crippen LogP contribution in [0.5, 0.6) is 0 Å². The molecule has 2 aromatic carbocycles. The number of carbonyl (C=O) groups is 3. The highest BCUT2D eigenvalue weighted by Crippen LogP contribution is 2.32. The smallest absolute Gasteiger partial charge is 0.319 e. The van der Waals surface area contributed by atoms with Gasteiger partial charge in [-0.15, -0.1) is 0 Å². The summed E-state index contributed by atoms with van der Waals surface area (Å²) in [5, 5.41) is 5.53. The standard InChI is InChI=1S/C22H22BrN3O3/c23-15-6-4-5-14(11-15)13-24-22(29)25-16-9-10-18-19(12-16)21(28)26(20(18)27)17-7-2-1-3-8-17/h4-6,9-12,17H,1-3,7-8,13H2,(H2,24,25,29). The molecular formula is C22H22BrN3O3. The molecule has 1 aliphatic carbocycles. The molecule has 2 aromatic rings. The van der Waals surface area contributed by atoms with E-state index in [1.165, 1.54) is 4.90 Å². The lowest BCUT2D eigenvalue weighted by Gasteiger charge is -2.29. The Bertz CT molecular complexity index is 970. The summed E-state index contributed by atoms with van der Waals surface area (Å²) >= 11 is 3.40. The molecule has 0 saturated heterocycles. The summed E-state index contributed by atoms with van der Waals surface area (Å²) in [6.45, 7) is 0.378. The number of hydrogen-bond acceptors (Lipinski definition) is 3. The molecule has 7 heteroatoms. The van der Waals surface area contributed by atoms with E-state index in [1.54, 1.807) is 18.2 Å². The summed E-state index contributed by atoms with van der Waals surface area (Å²) < 4.78 is 0.946. The lowest BCUT2D eigenvalue weighted by molar-refractivity contribution is 0.0549. The quantitative estimate of drug-likeness (QED) is 0.655. The van der Waals surface area contributed by atoms with E-state index in [9.17, 15) is 14.4 Å². The number of fused-ring (bicyclic) bond motifs is 1. The first-order valence-corrected chi connectivity index (χ1v) is 10.6. The van der Waals surface area contributed by atoms with E-state index in [0.29, 0.717) is 23.4 Å². The highest BCUT2D eigenvalue weighted by atomic mass is 79.9. The molecule has 2 N–H and O–H groups in total. The molecular weight excluding hydrogens is 434 g/mol. The molecule has 1 aliphatic heterocycles. The molecule has 0 unspecified atom stereocenters. The Morgan fingerprint density at radius 1 is 1.00 bits per heavy atom. The zero-order valence-corrected chi connectivity index (χ0v) is 17.5. The van der Waals surface area contributed by atoms with Gasteiger partial charge in [0.1, 0.15) is 0 Å². The molecule has 4 rings (SSSR count). The predicted octanol–water partition coefficient (Wildman–Crippen LogP) is 4.70. The fourth-order valence-electron chi connectivity index (χ4n) is 4.01. The van der Waals surface area contributed by atoms with Gasteiger partial charge in [0, 0.05) is 22.7 Å². The number of anilines is 1. The van der Waals surface area contributed by atoms with E-state index in [2.05, 4.69) is 26.6 Å². The average Bonchev–Trinajstić information content (AvgIpc) is 2.97. The molecule has 1 saturated carbocycles. The van der Waals surface area contributed by atoms with E-state index in [0.717, 1.165) is 42.1 Å². The lowest BCUT2D eigenvalue weighted by atomic mass is 9.94. The SMILES string of the molecule is O=C(NCc1cccc(Br)c1)Nc1ccc2c(c1)C(=O)N(C1CCCCC1)C2=O. The number of halogens is 1. The molecule has 0 aromatic heterocycles. The van der Waals surface area contributed by atoms with Crippen LogP contribution in [0.3, 0.4) is 0 Å². The Balaban J connectivity index is 1.42. The highest BCUT2D eigenvalue weighted by Gasteiger charge is 2.40. The third-order valence-corrected chi connectivity index (χ3v) is 5.95. The van der Waals surface area contributed by atoms with Gasteiger partial charge in [0.25, 0.3) is 11.8 Å². The lowest BCUT2D eigenvalue weighted by Crippen LogP contribution is -2.40. The first kappa shape index (κ1) is 19.6. The van der Waals surface area contributed by atoms with Crippen molar-refractivity contribution in [1.29, 1.82) is 0 Å². The van der Waals surface area contributed by atoms with Gasteiger partial charge in [0.05, 0.1) is 11.1 Å². The number of hydrogen-bond donors (Lipinski definition) is 2. The van der Waals surface area contributed by atoms with Crippen LogP contribution in [-0.2, 0) is 6.54 Å². The molecule has 150 valence electrons. The summed E-state index contributed by atoms with van der Waals surface area (Å²) in [6.07, 6.45) is 4.98. The van der Waals surface area contributed by atoms with Crippen molar-refractivity contribution in [2.75, 3.05) is 5.32 Å². The van der Waals surface area contributed by atoms with E-state index < -0.39 is 0 Å². The molecule has 29 heavy (non-hydrogen) atoms. The van der Waals surface area contributed by atoms with Gasteiger partial charge < -0.3 is 10.6 Å². The summed E-state index contributed by atoms with van der Waals surface area (Å²) in [5.41, 5.74) is 2.24. The zero-order valence-electron chi connectivity index (χ0n) is 15.9. The molecule has 1 fully saturated rings. The molecule has 6 nitrogen and oxygen atoms in total. The molecule has 0 radical (unpaired) electrons. The summed E-state index contributed by atoms with van der Waals surface area (Å²) in [5.74, 6) is -0.474. The fourth-order valence-corrected chi connectivity index (χ4v) is 4.46. The van der Waals surface area contributed by atoms with Crippen LogP contribution < -0.4 is 10.6 Å². The van der Waals surface area contributed by atoms with E-state index in [1.807, 2.05) is 24.3 Å². The average molecular weight is 456 g/mol. The van der Waals surface area contributed by atoms with Crippen molar-refractivity contribution in [2.45, 2.75) is 44.7 Å². The third kappa shape index (κ3) is 4.19. The summed E-state index contributed by atoms with van der Waals surface area (Å²) in [4.78, 5) is 39.2. The highest BCUT2D eigenvalue weighted by molar-refractivity contribution is 9.10. The third-order valence-electron chi connectivity index (χ3n) is 5.46. The van der Waals surface area contributed by atoms with Crippen molar-refractivity contribution in [3.63, 3.8) is 0 Å². The number of benzene rings is 2. The van der Waals surface area contributed by atoms with Crippen molar-refractivity contribution >= 4 is 39.5 Å². The fraction of sp³-hybridized carbons (Fsp3) is 0.318. The molecule has 0 bridgehead atoms. The summed E-state index contributed by atoms with van der Waals surface area (Å²) in [7, 11) is 0. The van der Waals surface area contributed by atoms with Crippen LogP contribution in [0.15, 0.2) is 46.9 Å². The zero-order chi connectivity index (χ0) is 20.4. The van der Waals surface area contributed by atoms with Gasteiger partial charge in [-0.3, -0.25) is 14.5 Å². The van der Waals surface area contributed by atoms with Gasteiger partial charge in [0.15, 0.2) is 0 Å². The number of amides is 4. The van der Waals surface area contributed by atoms with Crippen molar-refractivity contribution in [2.24, 2.45) is 0 Å². The number of urea groups is 1. The number of carbonyl (C=O) groups excluding carboxylic acids is 3. The molecule has 1 heterocycles. The van der Waals surface area contributed by atoms with Crippen molar-refractivity contribution in [3.05, 3.63) is 63.6 Å². The van der Waals surface area contributed by atoms with Gasteiger partial charge in [-0.2, -0.15) is 0 Å². The Morgan fingerprint density at radius 3 is 2.52 bits per heavy atom. The number of imide groups is 1. The van der Waals surface area contributed by atoms with Crippen LogP contribution in [0.25, 0.3) is 0 Å². The predicted molar refractivity (Wildman–Crippen MR) is 114 cm³/mol. The maximum absolute atomic E-state index is 12.9. The van der Waals surface area contributed by atoms with Crippen LogP contribution in [0.4, 0.5) is 10.5 Å². The van der Waals surface area contributed by atoms with Crippen LogP contribution in [0.1, 0.15) is 58.4 Å². The maximum atomic E-state index is 12.9. The van der Waals surface area contributed by atoms with Crippen LogP contribution in [0, 0.1) is 0 Å². The van der Waals surface area contributed by atoms with Crippen molar-refractivity contribution < 1.29 is 14.4 Å². The van der Waals surface area contributed by atoms with Crippen molar-refractivity contribution in [1.82, 2.24) is 10.2 Å². The monoisotopic (exact) mass is 455 g/mol. The molecule has 2 aliphatic rings. The second kappa shape index (κ2) is 8.37. The second-order valence-electron chi connectivity index (χ2n) is 7.47. The van der Waals surface area contributed by atoms with Crippen molar-refractivity contribution in [3.8, 4) is 0 Å². The largest absolute Gasteiger partial charge is 0.334 e. The Labute approximate surface area is 177 Å². The molecule has 0 atom stereocenters. The number of nitrogens with zero attached hydrogens (tertiary/aromatic N) is 1. The van der Waals surface area contributed by atoms with Crippen LogP contribution in [0.2, 0.25) is 0 Å².